The minimum atomic E-state index is -3.12. The summed E-state index contributed by atoms with van der Waals surface area (Å²) in [5, 5.41) is 0. The first-order chi connectivity index (χ1) is 9.07. The zero-order valence-electron chi connectivity index (χ0n) is 12.9. The Labute approximate surface area is 128 Å². The summed E-state index contributed by atoms with van der Waals surface area (Å²) in [5.41, 5.74) is 5.40. The van der Waals surface area contributed by atoms with E-state index in [0.717, 1.165) is 0 Å². The van der Waals surface area contributed by atoms with Gasteiger partial charge in [-0.25, -0.2) is 8.42 Å². The number of piperazine rings is 1. The van der Waals surface area contributed by atoms with Gasteiger partial charge < -0.3 is 5.73 Å². The van der Waals surface area contributed by atoms with Gasteiger partial charge >= 0.3 is 0 Å². The molecule has 0 amide bonds. The van der Waals surface area contributed by atoms with Gasteiger partial charge in [0.1, 0.15) is 0 Å². The van der Waals surface area contributed by atoms with Crippen molar-refractivity contribution in [2.45, 2.75) is 39.7 Å². The normalized spacial score (nSPS) is 19.4. The maximum atomic E-state index is 12.2. The fourth-order valence-corrected chi connectivity index (χ4v) is 4.07. The Morgan fingerprint density at radius 3 is 2.15 bits per heavy atom. The van der Waals surface area contributed by atoms with Crippen molar-refractivity contribution in [2.75, 3.05) is 31.9 Å². The SMILES string of the molecule is CC(C)CCS(=O)(=O)N1CCN(C(C)(C)C(N)=S)CC1. The fourth-order valence-electron chi connectivity index (χ4n) is 2.19. The molecule has 1 saturated heterocycles. The molecule has 1 aliphatic heterocycles. The lowest BCUT2D eigenvalue weighted by atomic mass is 10.0. The number of hydrogen-bond acceptors (Lipinski definition) is 4. The van der Waals surface area contributed by atoms with E-state index in [1.54, 1.807) is 4.31 Å². The van der Waals surface area contributed by atoms with Crippen LogP contribution in [-0.4, -0.2) is 60.1 Å². The summed E-state index contributed by atoms with van der Waals surface area (Å²) < 4.78 is 26.1. The highest BCUT2D eigenvalue weighted by atomic mass is 32.2. The third-order valence-electron chi connectivity index (χ3n) is 3.98. The monoisotopic (exact) mass is 321 g/mol. The molecule has 1 aliphatic rings. The van der Waals surface area contributed by atoms with Crippen LogP contribution in [0, 0.1) is 5.92 Å². The Morgan fingerprint density at radius 1 is 1.25 bits per heavy atom. The van der Waals surface area contributed by atoms with Crippen molar-refractivity contribution in [3.05, 3.63) is 0 Å². The van der Waals surface area contributed by atoms with Crippen LogP contribution in [0.15, 0.2) is 0 Å². The van der Waals surface area contributed by atoms with E-state index in [1.807, 2.05) is 27.7 Å². The second kappa shape index (κ2) is 6.68. The van der Waals surface area contributed by atoms with Gasteiger partial charge in [-0.2, -0.15) is 4.31 Å². The van der Waals surface area contributed by atoms with Crippen LogP contribution in [0.3, 0.4) is 0 Å². The second-order valence-corrected chi connectivity index (χ2v) is 8.84. The average molecular weight is 322 g/mol. The maximum Gasteiger partial charge on any atom is 0.214 e. The van der Waals surface area contributed by atoms with Gasteiger partial charge in [0.05, 0.1) is 16.3 Å². The summed E-state index contributed by atoms with van der Waals surface area (Å²) in [6.07, 6.45) is 0.709. The molecule has 1 heterocycles. The molecule has 0 aliphatic carbocycles. The molecule has 2 N–H and O–H groups in total. The summed E-state index contributed by atoms with van der Waals surface area (Å²) in [5.74, 6) is 0.642. The Kier molecular flexibility index (Phi) is 5.95. The van der Waals surface area contributed by atoms with E-state index in [-0.39, 0.29) is 11.3 Å². The van der Waals surface area contributed by atoms with Gasteiger partial charge in [0.25, 0.3) is 0 Å². The fraction of sp³-hybridized carbons (Fsp3) is 0.923. The number of nitrogens with zero attached hydrogens (tertiary/aromatic N) is 2. The van der Waals surface area contributed by atoms with Gasteiger partial charge in [0.2, 0.25) is 10.0 Å². The Hall–Kier alpha value is -0.240. The quantitative estimate of drug-likeness (QED) is 0.741. The minimum absolute atomic E-state index is 0.239. The predicted octanol–water partition coefficient (Wildman–Crippen LogP) is 1.04. The summed E-state index contributed by atoms with van der Waals surface area (Å²) in [4.78, 5) is 2.61. The third kappa shape index (κ3) is 4.38. The molecule has 0 saturated carbocycles. The molecule has 5 nitrogen and oxygen atoms in total. The van der Waals surface area contributed by atoms with Gasteiger partial charge in [-0.3, -0.25) is 4.90 Å². The highest BCUT2D eigenvalue weighted by molar-refractivity contribution is 7.89. The molecule has 0 atom stereocenters. The first kappa shape index (κ1) is 17.8. The molecule has 118 valence electrons. The zero-order chi connectivity index (χ0) is 15.6. The van der Waals surface area contributed by atoms with Crippen molar-refractivity contribution in [3.63, 3.8) is 0 Å². The molecule has 0 aromatic rings. The predicted molar refractivity (Wildman–Crippen MR) is 87.3 cm³/mol. The zero-order valence-corrected chi connectivity index (χ0v) is 14.6. The highest BCUT2D eigenvalue weighted by Gasteiger charge is 2.35. The smallest absolute Gasteiger partial charge is 0.214 e. The van der Waals surface area contributed by atoms with Crippen LogP contribution in [0.1, 0.15) is 34.1 Å². The van der Waals surface area contributed by atoms with Crippen molar-refractivity contribution in [1.29, 1.82) is 0 Å². The Morgan fingerprint density at radius 2 is 1.75 bits per heavy atom. The molecule has 1 fully saturated rings. The largest absolute Gasteiger partial charge is 0.392 e. The molecule has 20 heavy (non-hydrogen) atoms. The van der Waals surface area contributed by atoms with E-state index in [1.165, 1.54) is 0 Å². The lowest BCUT2D eigenvalue weighted by Gasteiger charge is -2.43. The number of hydrogen-bond donors (Lipinski definition) is 1. The third-order valence-corrected chi connectivity index (χ3v) is 6.38. The van der Waals surface area contributed by atoms with Crippen molar-refractivity contribution >= 4 is 27.2 Å². The standard InChI is InChI=1S/C13H27N3O2S2/c1-11(2)5-10-20(17,18)16-8-6-15(7-9-16)13(3,4)12(14)19/h11H,5-10H2,1-4H3,(H2,14,19). The number of thiocarbonyl (C=S) groups is 1. The second-order valence-electron chi connectivity index (χ2n) is 6.31. The van der Waals surface area contributed by atoms with E-state index in [4.69, 9.17) is 18.0 Å². The van der Waals surface area contributed by atoms with Crippen molar-refractivity contribution < 1.29 is 8.42 Å². The maximum absolute atomic E-state index is 12.2. The minimum Gasteiger partial charge on any atom is -0.392 e. The number of rotatable bonds is 6. The molecule has 0 aromatic heterocycles. The Bertz CT molecular complexity index is 439. The summed E-state index contributed by atoms with van der Waals surface area (Å²) in [7, 11) is -3.12. The van der Waals surface area contributed by atoms with Crippen molar-refractivity contribution in [3.8, 4) is 0 Å². The van der Waals surface area contributed by atoms with Crippen molar-refractivity contribution in [2.24, 2.45) is 11.7 Å². The first-order valence-electron chi connectivity index (χ1n) is 7.10. The van der Waals surface area contributed by atoms with Gasteiger partial charge in [0.15, 0.2) is 0 Å². The van der Waals surface area contributed by atoms with Gasteiger partial charge in [-0.05, 0) is 26.2 Å². The van der Waals surface area contributed by atoms with Gasteiger partial charge in [0, 0.05) is 26.2 Å². The number of nitrogens with two attached hydrogens (primary N) is 1. The summed E-state index contributed by atoms with van der Waals surface area (Å²) >= 11 is 5.09. The van der Waals surface area contributed by atoms with Gasteiger partial charge in [-0.1, -0.05) is 26.1 Å². The molecule has 0 spiro atoms. The Balaban J connectivity index is 2.60. The first-order valence-corrected chi connectivity index (χ1v) is 9.12. The summed E-state index contributed by atoms with van der Waals surface area (Å²) in [6.45, 7) is 10.4. The topological polar surface area (TPSA) is 66.6 Å². The van der Waals surface area contributed by atoms with Crippen LogP contribution in [0.2, 0.25) is 0 Å². The van der Waals surface area contributed by atoms with E-state index in [0.29, 0.717) is 43.5 Å². The van der Waals surface area contributed by atoms with E-state index in [9.17, 15) is 8.42 Å². The van der Waals surface area contributed by atoms with E-state index in [2.05, 4.69) is 4.90 Å². The van der Waals surface area contributed by atoms with Crippen LogP contribution < -0.4 is 5.73 Å². The molecule has 0 unspecified atom stereocenters. The molecule has 1 rings (SSSR count). The van der Waals surface area contributed by atoms with Crippen LogP contribution in [-0.2, 0) is 10.0 Å². The highest BCUT2D eigenvalue weighted by Crippen LogP contribution is 2.19. The lowest BCUT2D eigenvalue weighted by Crippen LogP contribution is -2.60. The van der Waals surface area contributed by atoms with Crippen LogP contribution in [0.4, 0.5) is 0 Å². The number of sulfonamides is 1. The summed E-state index contributed by atoms with van der Waals surface area (Å²) in [6, 6.07) is 0. The molecular weight excluding hydrogens is 294 g/mol. The van der Waals surface area contributed by atoms with Crippen LogP contribution >= 0.6 is 12.2 Å². The molecule has 7 heteroatoms. The molecular formula is C13H27N3O2S2. The average Bonchev–Trinajstić information content (AvgIpc) is 2.36. The molecule has 0 aromatic carbocycles. The lowest BCUT2D eigenvalue weighted by molar-refractivity contribution is 0.123. The molecule has 0 bridgehead atoms. The van der Waals surface area contributed by atoms with Gasteiger partial charge in [-0.15, -0.1) is 0 Å². The van der Waals surface area contributed by atoms with E-state index >= 15 is 0 Å². The van der Waals surface area contributed by atoms with Crippen LogP contribution in [0.5, 0.6) is 0 Å². The van der Waals surface area contributed by atoms with Crippen LogP contribution in [0.25, 0.3) is 0 Å². The van der Waals surface area contributed by atoms with E-state index < -0.39 is 10.0 Å². The molecule has 0 radical (unpaired) electrons. The van der Waals surface area contributed by atoms with Crippen molar-refractivity contribution in [1.82, 2.24) is 9.21 Å².